The van der Waals surface area contributed by atoms with Crippen molar-refractivity contribution in [1.82, 2.24) is 4.90 Å². The number of carbonyl (C=O) groups is 1. The van der Waals surface area contributed by atoms with Crippen LogP contribution in [0.15, 0.2) is 47.4 Å². The van der Waals surface area contributed by atoms with Crippen LogP contribution < -0.4 is 9.47 Å². The molecular formula is C18H20N2O5S. The Labute approximate surface area is 156 Å². The minimum absolute atomic E-state index is 0.129. The second-order valence-electron chi connectivity index (χ2n) is 5.48. The Hall–Kier alpha value is -2.74. The summed E-state index contributed by atoms with van der Waals surface area (Å²) in [6.07, 6.45) is 2.00. The molecule has 0 saturated heterocycles. The number of carbonyl (C=O) groups excluding carboxylic acids is 1. The number of benzene rings is 2. The monoisotopic (exact) mass is 376 g/mol. The lowest BCUT2D eigenvalue weighted by Crippen LogP contribution is -2.31. The van der Waals surface area contributed by atoms with Gasteiger partial charge in [-0.05, 0) is 30.0 Å². The Balaban J connectivity index is 1.98. The van der Waals surface area contributed by atoms with E-state index in [-0.39, 0.29) is 24.0 Å². The zero-order valence-electron chi connectivity index (χ0n) is 14.8. The molecule has 0 aliphatic rings. The summed E-state index contributed by atoms with van der Waals surface area (Å²) >= 11 is 1.65. The van der Waals surface area contributed by atoms with Gasteiger partial charge in [-0.3, -0.25) is 14.9 Å². The van der Waals surface area contributed by atoms with E-state index in [0.717, 1.165) is 10.5 Å². The summed E-state index contributed by atoms with van der Waals surface area (Å²) in [6, 6.07) is 12.0. The first-order valence-electron chi connectivity index (χ1n) is 7.76. The maximum atomic E-state index is 12.3. The first kappa shape index (κ1) is 19.6. The smallest absolute Gasteiger partial charge is 0.273 e. The number of non-ortho nitro benzene ring substituents is 1. The number of amides is 1. The van der Waals surface area contributed by atoms with Gasteiger partial charge in [0.1, 0.15) is 0 Å². The van der Waals surface area contributed by atoms with E-state index in [1.54, 1.807) is 18.8 Å². The largest absolute Gasteiger partial charge is 0.493 e. The van der Waals surface area contributed by atoms with E-state index in [2.05, 4.69) is 0 Å². The van der Waals surface area contributed by atoms with Gasteiger partial charge in [-0.2, -0.15) is 0 Å². The number of nitrogens with zero attached hydrogens (tertiary/aromatic N) is 2. The fraction of sp³-hybridized carbons (Fsp3) is 0.278. The molecule has 138 valence electrons. The van der Waals surface area contributed by atoms with Crippen molar-refractivity contribution in [2.75, 3.05) is 27.0 Å². The van der Waals surface area contributed by atoms with Crippen LogP contribution in [0.4, 0.5) is 5.69 Å². The average Bonchev–Trinajstić information content (AvgIpc) is 2.66. The average molecular weight is 376 g/mol. The standard InChI is InChI=1S/C18H20N2O5S/c1-19(11-13-4-7-15(26-3)8-5-13)18(21)12-25-17-10-14(20(22)23)6-9-16(17)24-2/h4-10H,11-12H2,1-3H3. The van der Waals surface area contributed by atoms with Gasteiger partial charge in [0, 0.05) is 24.6 Å². The highest BCUT2D eigenvalue weighted by Crippen LogP contribution is 2.31. The summed E-state index contributed by atoms with van der Waals surface area (Å²) < 4.78 is 10.6. The van der Waals surface area contributed by atoms with Crippen molar-refractivity contribution in [3.8, 4) is 11.5 Å². The molecule has 0 aliphatic heterocycles. The zero-order valence-corrected chi connectivity index (χ0v) is 15.6. The summed E-state index contributed by atoms with van der Waals surface area (Å²) in [5, 5.41) is 10.9. The van der Waals surface area contributed by atoms with Crippen molar-refractivity contribution in [1.29, 1.82) is 0 Å². The lowest BCUT2D eigenvalue weighted by Gasteiger charge is -2.18. The molecule has 7 nitrogen and oxygen atoms in total. The molecule has 0 aromatic heterocycles. The van der Waals surface area contributed by atoms with E-state index in [9.17, 15) is 14.9 Å². The van der Waals surface area contributed by atoms with Crippen molar-refractivity contribution >= 4 is 23.4 Å². The van der Waals surface area contributed by atoms with Crippen LogP contribution in [-0.4, -0.2) is 42.8 Å². The van der Waals surface area contributed by atoms with Crippen LogP contribution in [-0.2, 0) is 11.3 Å². The van der Waals surface area contributed by atoms with Crippen LogP contribution in [0.1, 0.15) is 5.56 Å². The Bertz CT molecular complexity index is 780. The maximum Gasteiger partial charge on any atom is 0.273 e. The Morgan fingerprint density at radius 2 is 1.88 bits per heavy atom. The van der Waals surface area contributed by atoms with Gasteiger partial charge in [-0.15, -0.1) is 11.8 Å². The predicted octanol–water partition coefficient (Wildman–Crippen LogP) is 3.36. The number of likely N-dealkylation sites (N-methyl/N-ethyl adjacent to an activating group) is 1. The van der Waals surface area contributed by atoms with E-state index >= 15 is 0 Å². The second kappa shape index (κ2) is 9.10. The number of nitro benzene ring substituents is 1. The van der Waals surface area contributed by atoms with Crippen LogP contribution in [0.2, 0.25) is 0 Å². The first-order chi connectivity index (χ1) is 12.4. The fourth-order valence-electron chi connectivity index (χ4n) is 2.23. The van der Waals surface area contributed by atoms with Gasteiger partial charge in [-0.1, -0.05) is 12.1 Å². The summed E-state index contributed by atoms with van der Waals surface area (Å²) in [4.78, 5) is 25.3. The van der Waals surface area contributed by atoms with Gasteiger partial charge in [0.25, 0.3) is 11.6 Å². The lowest BCUT2D eigenvalue weighted by atomic mass is 10.2. The van der Waals surface area contributed by atoms with E-state index in [1.807, 2.05) is 30.5 Å². The molecule has 2 aromatic carbocycles. The van der Waals surface area contributed by atoms with Crippen LogP contribution >= 0.6 is 11.8 Å². The SMILES string of the molecule is COc1ccc([N+](=O)[O-])cc1OCC(=O)N(C)Cc1ccc(SC)cc1. The third-order valence-corrected chi connectivity index (χ3v) is 4.46. The number of nitro groups is 1. The zero-order chi connectivity index (χ0) is 19.1. The molecule has 0 unspecified atom stereocenters. The van der Waals surface area contributed by atoms with Crippen LogP contribution in [0.3, 0.4) is 0 Å². The highest BCUT2D eigenvalue weighted by atomic mass is 32.2. The van der Waals surface area contributed by atoms with Crippen molar-refractivity contribution in [3.63, 3.8) is 0 Å². The predicted molar refractivity (Wildman–Crippen MR) is 99.8 cm³/mol. The minimum Gasteiger partial charge on any atom is -0.493 e. The van der Waals surface area contributed by atoms with Crippen molar-refractivity contribution in [2.24, 2.45) is 0 Å². The lowest BCUT2D eigenvalue weighted by molar-refractivity contribution is -0.385. The van der Waals surface area contributed by atoms with Crippen LogP contribution in [0, 0.1) is 10.1 Å². The molecule has 0 atom stereocenters. The third-order valence-electron chi connectivity index (χ3n) is 3.71. The number of methoxy groups -OCH3 is 1. The molecule has 0 heterocycles. The van der Waals surface area contributed by atoms with Gasteiger partial charge in [0.15, 0.2) is 18.1 Å². The first-order valence-corrected chi connectivity index (χ1v) is 8.99. The van der Waals surface area contributed by atoms with Crippen LogP contribution in [0.25, 0.3) is 0 Å². The Morgan fingerprint density at radius 1 is 1.19 bits per heavy atom. The highest BCUT2D eigenvalue weighted by Gasteiger charge is 2.15. The molecule has 8 heteroatoms. The second-order valence-corrected chi connectivity index (χ2v) is 6.36. The maximum absolute atomic E-state index is 12.3. The van der Waals surface area contributed by atoms with Gasteiger partial charge in [-0.25, -0.2) is 0 Å². The minimum atomic E-state index is -0.529. The fourth-order valence-corrected chi connectivity index (χ4v) is 2.64. The topological polar surface area (TPSA) is 81.9 Å². The summed E-state index contributed by atoms with van der Waals surface area (Å²) in [5.41, 5.74) is 0.877. The van der Waals surface area contributed by atoms with Crippen LogP contribution in [0.5, 0.6) is 11.5 Å². The molecule has 0 spiro atoms. The molecule has 0 aliphatic carbocycles. The van der Waals surface area contributed by atoms with Gasteiger partial charge in [0.05, 0.1) is 18.1 Å². The Kier molecular flexibility index (Phi) is 6.85. The number of hydrogen-bond donors (Lipinski definition) is 0. The molecule has 2 aromatic rings. The summed E-state index contributed by atoms with van der Waals surface area (Å²) in [7, 11) is 3.11. The normalized spacial score (nSPS) is 10.3. The number of rotatable bonds is 8. The van der Waals surface area contributed by atoms with E-state index in [1.165, 1.54) is 30.2 Å². The van der Waals surface area contributed by atoms with Crippen molar-refractivity contribution in [3.05, 3.63) is 58.1 Å². The molecule has 0 saturated carbocycles. The molecule has 0 N–H and O–H groups in total. The van der Waals surface area contributed by atoms with Gasteiger partial charge >= 0.3 is 0 Å². The summed E-state index contributed by atoms with van der Waals surface area (Å²) in [6.45, 7) is 0.208. The van der Waals surface area contributed by atoms with E-state index in [0.29, 0.717) is 12.3 Å². The number of ether oxygens (including phenoxy) is 2. The highest BCUT2D eigenvalue weighted by molar-refractivity contribution is 7.98. The number of hydrogen-bond acceptors (Lipinski definition) is 6. The molecule has 0 fully saturated rings. The molecule has 26 heavy (non-hydrogen) atoms. The van der Waals surface area contributed by atoms with E-state index < -0.39 is 4.92 Å². The quantitative estimate of drug-likeness (QED) is 0.399. The summed E-state index contributed by atoms with van der Waals surface area (Å²) in [5.74, 6) is 0.249. The molecule has 1 amide bonds. The van der Waals surface area contributed by atoms with Crippen molar-refractivity contribution < 1.29 is 19.2 Å². The molecular weight excluding hydrogens is 356 g/mol. The van der Waals surface area contributed by atoms with Gasteiger partial charge in [0.2, 0.25) is 0 Å². The van der Waals surface area contributed by atoms with E-state index in [4.69, 9.17) is 9.47 Å². The van der Waals surface area contributed by atoms with Gasteiger partial charge < -0.3 is 14.4 Å². The third kappa shape index (κ3) is 5.13. The molecule has 0 radical (unpaired) electrons. The van der Waals surface area contributed by atoms with Crippen molar-refractivity contribution in [2.45, 2.75) is 11.4 Å². The molecule has 0 bridgehead atoms. The number of thioether (sulfide) groups is 1. The molecule has 2 rings (SSSR count). The Morgan fingerprint density at radius 3 is 2.46 bits per heavy atom.